The Balaban J connectivity index is 2.36. The molecule has 0 aliphatic heterocycles. The molecule has 3 nitrogen and oxygen atoms in total. The van der Waals surface area contributed by atoms with Crippen LogP contribution in [0.15, 0.2) is 30.3 Å². The number of fused-ring (bicyclic) bond motifs is 3. The van der Waals surface area contributed by atoms with Gasteiger partial charge in [0.15, 0.2) is 0 Å². The standard InChI is InChI=1S/C14H15N3/c1-3-15-13-8-12-14(9(2)16-13)10-6-4-5-7-11(10)17-12/h4-8,17H,3H2,1-2H3,(H,15,16). The molecule has 0 unspecified atom stereocenters. The zero-order valence-corrected chi connectivity index (χ0v) is 10.0. The Hall–Kier alpha value is -2.03. The number of anilines is 1. The molecule has 3 rings (SSSR count). The maximum atomic E-state index is 4.58. The maximum absolute atomic E-state index is 4.58. The van der Waals surface area contributed by atoms with Gasteiger partial charge in [0.2, 0.25) is 0 Å². The van der Waals surface area contributed by atoms with E-state index in [0.29, 0.717) is 0 Å². The van der Waals surface area contributed by atoms with Gasteiger partial charge in [0, 0.05) is 34.6 Å². The smallest absolute Gasteiger partial charge is 0.128 e. The van der Waals surface area contributed by atoms with E-state index in [-0.39, 0.29) is 0 Å². The predicted molar refractivity (Wildman–Crippen MR) is 72.5 cm³/mol. The minimum atomic E-state index is 0.887. The molecule has 0 saturated heterocycles. The van der Waals surface area contributed by atoms with Crippen LogP contribution in [0, 0.1) is 6.92 Å². The van der Waals surface area contributed by atoms with Gasteiger partial charge < -0.3 is 10.3 Å². The molecule has 3 aromatic rings. The van der Waals surface area contributed by atoms with E-state index in [4.69, 9.17) is 0 Å². The summed E-state index contributed by atoms with van der Waals surface area (Å²) < 4.78 is 0. The number of aromatic nitrogens is 2. The van der Waals surface area contributed by atoms with E-state index in [2.05, 4.69) is 53.4 Å². The summed E-state index contributed by atoms with van der Waals surface area (Å²) in [4.78, 5) is 8.02. The summed E-state index contributed by atoms with van der Waals surface area (Å²) in [6.45, 7) is 5.02. The normalized spacial score (nSPS) is 11.2. The zero-order valence-electron chi connectivity index (χ0n) is 10.0. The van der Waals surface area contributed by atoms with Gasteiger partial charge in [0.25, 0.3) is 0 Å². The molecule has 0 fully saturated rings. The number of aryl methyl sites for hydroxylation is 1. The minimum Gasteiger partial charge on any atom is -0.370 e. The minimum absolute atomic E-state index is 0.887. The van der Waals surface area contributed by atoms with Crippen molar-refractivity contribution in [3.8, 4) is 0 Å². The highest BCUT2D eigenvalue weighted by Gasteiger charge is 2.08. The molecule has 86 valence electrons. The average Bonchev–Trinajstić information content (AvgIpc) is 2.67. The van der Waals surface area contributed by atoms with Crippen molar-refractivity contribution in [2.45, 2.75) is 13.8 Å². The lowest BCUT2D eigenvalue weighted by Crippen LogP contribution is -1.99. The van der Waals surface area contributed by atoms with Gasteiger partial charge in [-0.05, 0) is 19.9 Å². The number of hydrogen-bond donors (Lipinski definition) is 2. The van der Waals surface area contributed by atoms with Crippen molar-refractivity contribution >= 4 is 27.6 Å². The fraction of sp³-hybridized carbons (Fsp3) is 0.214. The summed E-state index contributed by atoms with van der Waals surface area (Å²) in [5.41, 5.74) is 3.38. The van der Waals surface area contributed by atoms with Crippen molar-refractivity contribution in [3.05, 3.63) is 36.0 Å². The van der Waals surface area contributed by atoms with Crippen LogP contribution in [0.25, 0.3) is 21.8 Å². The Kier molecular flexibility index (Phi) is 2.25. The molecule has 0 amide bonds. The highest BCUT2D eigenvalue weighted by Crippen LogP contribution is 2.28. The number of H-pyrrole nitrogens is 1. The van der Waals surface area contributed by atoms with E-state index in [9.17, 15) is 0 Å². The zero-order chi connectivity index (χ0) is 11.8. The third kappa shape index (κ3) is 1.55. The lowest BCUT2D eigenvalue weighted by atomic mass is 10.1. The number of rotatable bonds is 2. The van der Waals surface area contributed by atoms with Crippen LogP contribution < -0.4 is 5.32 Å². The molecule has 0 radical (unpaired) electrons. The molecule has 17 heavy (non-hydrogen) atoms. The van der Waals surface area contributed by atoms with Crippen molar-refractivity contribution in [3.63, 3.8) is 0 Å². The molecular formula is C14H15N3. The molecule has 0 atom stereocenters. The Morgan fingerprint density at radius 1 is 1.24 bits per heavy atom. The van der Waals surface area contributed by atoms with Crippen molar-refractivity contribution in [1.82, 2.24) is 9.97 Å². The van der Waals surface area contributed by atoms with Crippen LogP contribution in [0.3, 0.4) is 0 Å². The molecule has 3 heteroatoms. The first kappa shape index (κ1) is 10.1. The van der Waals surface area contributed by atoms with Gasteiger partial charge in [-0.3, -0.25) is 0 Å². The highest BCUT2D eigenvalue weighted by molar-refractivity contribution is 6.08. The van der Waals surface area contributed by atoms with Crippen molar-refractivity contribution in [2.24, 2.45) is 0 Å². The Bertz CT molecular complexity index is 682. The molecule has 2 aromatic heterocycles. The van der Waals surface area contributed by atoms with Crippen molar-refractivity contribution in [2.75, 3.05) is 11.9 Å². The van der Waals surface area contributed by atoms with E-state index in [1.807, 2.05) is 6.07 Å². The largest absolute Gasteiger partial charge is 0.370 e. The van der Waals surface area contributed by atoms with Crippen LogP contribution in [0.1, 0.15) is 12.6 Å². The van der Waals surface area contributed by atoms with Gasteiger partial charge in [-0.25, -0.2) is 4.98 Å². The summed E-state index contributed by atoms with van der Waals surface area (Å²) in [5.74, 6) is 0.934. The summed E-state index contributed by atoms with van der Waals surface area (Å²) in [6, 6.07) is 10.4. The van der Waals surface area contributed by atoms with Gasteiger partial charge in [0.1, 0.15) is 5.82 Å². The Morgan fingerprint density at radius 3 is 2.88 bits per heavy atom. The number of hydrogen-bond acceptors (Lipinski definition) is 2. The average molecular weight is 225 g/mol. The highest BCUT2D eigenvalue weighted by atomic mass is 15.0. The third-order valence-electron chi connectivity index (χ3n) is 3.02. The topological polar surface area (TPSA) is 40.7 Å². The Morgan fingerprint density at radius 2 is 2.06 bits per heavy atom. The number of nitrogens with zero attached hydrogens (tertiary/aromatic N) is 1. The van der Waals surface area contributed by atoms with Crippen LogP contribution in [0.4, 0.5) is 5.82 Å². The van der Waals surface area contributed by atoms with E-state index < -0.39 is 0 Å². The molecule has 2 N–H and O–H groups in total. The van der Waals surface area contributed by atoms with Gasteiger partial charge in [-0.15, -0.1) is 0 Å². The number of aromatic amines is 1. The maximum Gasteiger partial charge on any atom is 0.128 e. The lowest BCUT2D eigenvalue weighted by molar-refractivity contribution is 1.14. The third-order valence-corrected chi connectivity index (χ3v) is 3.02. The van der Waals surface area contributed by atoms with E-state index in [1.165, 1.54) is 16.3 Å². The molecule has 1 aromatic carbocycles. The molecule has 0 aliphatic rings. The van der Waals surface area contributed by atoms with Crippen LogP contribution in [0.2, 0.25) is 0 Å². The molecular weight excluding hydrogens is 210 g/mol. The van der Waals surface area contributed by atoms with Gasteiger partial charge in [-0.2, -0.15) is 0 Å². The molecule has 0 spiro atoms. The van der Waals surface area contributed by atoms with Crippen LogP contribution in [-0.2, 0) is 0 Å². The fourth-order valence-corrected chi connectivity index (χ4v) is 2.34. The van der Waals surface area contributed by atoms with Crippen LogP contribution in [-0.4, -0.2) is 16.5 Å². The van der Waals surface area contributed by atoms with Crippen molar-refractivity contribution in [1.29, 1.82) is 0 Å². The first-order chi connectivity index (χ1) is 8.29. The van der Waals surface area contributed by atoms with Crippen LogP contribution in [0.5, 0.6) is 0 Å². The lowest BCUT2D eigenvalue weighted by Gasteiger charge is -2.04. The van der Waals surface area contributed by atoms with Gasteiger partial charge in [-0.1, -0.05) is 18.2 Å². The number of benzene rings is 1. The van der Waals surface area contributed by atoms with E-state index in [1.54, 1.807) is 0 Å². The first-order valence-electron chi connectivity index (χ1n) is 5.91. The van der Waals surface area contributed by atoms with Crippen molar-refractivity contribution < 1.29 is 0 Å². The molecule has 2 heterocycles. The van der Waals surface area contributed by atoms with Crippen LogP contribution >= 0.6 is 0 Å². The number of pyridine rings is 1. The second-order valence-corrected chi connectivity index (χ2v) is 4.22. The van der Waals surface area contributed by atoms with E-state index >= 15 is 0 Å². The summed E-state index contributed by atoms with van der Waals surface area (Å²) in [7, 11) is 0. The summed E-state index contributed by atoms with van der Waals surface area (Å²) >= 11 is 0. The number of para-hydroxylation sites is 1. The quantitative estimate of drug-likeness (QED) is 0.701. The molecule has 0 aliphatic carbocycles. The second kappa shape index (κ2) is 3.77. The molecule has 0 saturated carbocycles. The monoisotopic (exact) mass is 225 g/mol. The van der Waals surface area contributed by atoms with Gasteiger partial charge >= 0.3 is 0 Å². The number of nitrogens with one attached hydrogen (secondary N) is 2. The predicted octanol–water partition coefficient (Wildman–Crippen LogP) is 3.46. The summed E-state index contributed by atoms with van der Waals surface area (Å²) in [6.07, 6.45) is 0. The summed E-state index contributed by atoms with van der Waals surface area (Å²) in [5, 5.41) is 5.72. The first-order valence-corrected chi connectivity index (χ1v) is 5.91. The van der Waals surface area contributed by atoms with E-state index in [0.717, 1.165) is 23.6 Å². The Labute approximate surface area is 99.9 Å². The molecule has 0 bridgehead atoms. The second-order valence-electron chi connectivity index (χ2n) is 4.22. The van der Waals surface area contributed by atoms with Gasteiger partial charge in [0.05, 0.1) is 5.52 Å². The SMILES string of the molecule is CCNc1cc2[nH]c3ccccc3c2c(C)n1. The fourth-order valence-electron chi connectivity index (χ4n) is 2.34.